The number of hydrazine groups is 1. The maximum absolute atomic E-state index is 5.39. The van der Waals surface area contributed by atoms with Gasteiger partial charge in [-0.15, -0.1) is 5.10 Å². The van der Waals surface area contributed by atoms with Crippen LogP contribution in [0.25, 0.3) is 0 Å². The van der Waals surface area contributed by atoms with Crippen LogP contribution in [0.15, 0.2) is 18.2 Å². The van der Waals surface area contributed by atoms with E-state index in [2.05, 4.69) is 24.9 Å². The molecule has 0 spiro atoms. The number of rotatable bonds is 5. The normalized spacial score (nSPS) is 10.9. The molecule has 0 aliphatic heterocycles. The van der Waals surface area contributed by atoms with E-state index in [-0.39, 0.29) is 0 Å². The lowest BCUT2D eigenvalue weighted by Crippen LogP contribution is -2.19. The van der Waals surface area contributed by atoms with Gasteiger partial charge in [0.15, 0.2) is 0 Å². The Morgan fingerprint density at radius 1 is 1.39 bits per heavy atom. The van der Waals surface area contributed by atoms with Gasteiger partial charge >= 0.3 is 0 Å². The molecule has 0 aromatic carbocycles. The minimum atomic E-state index is 0.686. The van der Waals surface area contributed by atoms with Crippen molar-refractivity contribution in [2.75, 3.05) is 12.5 Å². The van der Waals surface area contributed by atoms with Gasteiger partial charge in [0.2, 0.25) is 0 Å². The molecule has 0 unspecified atom stereocenters. The van der Waals surface area contributed by atoms with Gasteiger partial charge in [-0.25, -0.2) is 5.84 Å². The maximum atomic E-state index is 5.39. The molecule has 0 fully saturated rings. The van der Waals surface area contributed by atoms with Gasteiger partial charge in [0.05, 0.1) is 5.69 Å². The molecule has 6 nitrogen and oxygen atoms in total. The summed E-state index contributed by atoms with van der Waals surface area (Å²) < 4.78 is 3.87. The molecule has 0 radical (unpaired) electrons. The van der Waals surface area contributed by atoms with Crippen LogP contribution in [-0.2, 0) is 13.1 Å². The van der Waals surface area contributed by atoms with Crippen LogP contribution in [0.2, 0.25) is 0 Å². The Balaban J connectivity index is 1.98. The topological polar surface area (TPSA) is 80.0 Å². The molecule has 96 valence electrons. The number of nitrogens with zero attached hydrogens (tertiary/aromatic N) is 4. The zero-order chi connectivity index (χ0) is 13.0. The quantitative estimate of drug-likeness (QED) is 0.623. The Morgan fingerprint density at radius 3 is 2.94 bits per heavy atom. The first-order valence-electron chi connectivity index (χ1n) is 5.58. The second kappa shape index (κ2) is 5.85. The molecule has 0 atom stereocenters. The highest BCUT2D eigenvalue weighted by Gasteiger charge is 2.10. The minimum Gasteiger partial charge on any atom is -0.313 e. The Morgan fingerprint density at radius 2 is 2.22 bits per heavy atom. The van der Waals surface area contributed by atoms with Crippen molar-refractivity contribution in [2.45, 2.75) is 20.0 Å². The van der Waals surface area contributed by atoms with Crippen LogP contribution in [0.4, 0.5) is 5.00 Å². The molecule has 0 amide bonds. The maximum Gasteiger partial charge on any atom is 0.148 e. The molecule has 2 rings (SSSR count). The zero-order valence-electron chi connectivity index (χ0n) is 10.4. The van der Waals surface area contributed by atoms with Crippen molar-refractivity contribution in [1.29, 1.82) is 0 Å². The first-order valence-corrected chi connectivity index (χ1v) is 6.35. The fourth-order valence-electron chi connectivity index (χ4n) is 1.70. The number of nitrogen functional groups attached to an aromatic ring is 1. The van der Waals surface area contributed by atoms with Crippen molar-refractivity contribution in [1.82, 2.24) is 19.5 Å². The highest BCUT2D eigenvalue weighted by atomic mass is 32.1. The van der Waals surface area contributed by atoms with Gasteiger partial charge in [-0.1, -0.05) is 10.6 Å². The standard InChI is InChI=1S/C11H16N6S/c1-8-4-3-5-9(13-8)6-17(2)7-10-11(14-12)18-16-15-10/h3-5,14H,6-7,12H2,1-2H3. The van der Waals surface area contributed by atoms with E-state index in [0.29, 0.717) is 6.54 Å². The van der Waals surface area contributed by atoms with Crippen molar-refractivity contribution in [3.8, 4) is 0 Å². The van der Waals surface area contributed by atoms with Crippen LogP contribution in [-0.4, -0.2) is 26.5 Å². The number of nitrogens with one attached hydrogen (secondary N) is 1. The SMILES string of the molecule is Cc1cccc(CN(C)Cc2nnsc2NN)n1. The highest BCUT2D eigenvalue weighted by Crippen LogP contribution is 2.17. The Bertz CT molecular complexity index is 512. The Labute approximate surface area is 110 Å². The molecule has 0 saturated carbocycles. The smallest absolute Gasteiger partial charge is 0.148 e. The lowest BCUT2D eigenvalue weighted by Gasteiger charge is -2.15. The van der Waals surface area contributed by atoms with Gasteiger partial charge in [0.25, 0.3) is 0 Å². The first kappa shape index (κ1) is 12.9. The summed E-state index contributed by atoms with van der Waals surface area (Å²) in [6.07, 6.45) is 0. The van der Waals surface area contributed by atoms with Crippen LogP contribution in [0, 0.1) is 6.92 Å². The largest absolute Gasteiger partial charge is 0.313 e. The van der Waals surface area contributed by atoms with E-state index in [9.17, 15) is 0 Å². The Hall–Kier alpha value is -1.57. The number of hydrogen-bond donors (Lipinski definition) is 2. The fraction of sp³-hybridized carbons (Fsp3) is 0.364. The molecule has 2 aromatic rings. The summed E-state index contributed by atoms with van der Waals surface area (Å²) in [6, 6.07) is 6.03. The average molecular weight is 264 g/mol. The summed E-state index contributed by atoms with van der Waals surface area (Å²) in [5.41, 5.74) is 5.54. The molecule has 18 heavy (non-hydrogen) atoms. The van der Waals surface area contributed by atoms with E-state index in [0.717, 1.165) is 28.6 Å². The molecule has 0 bridgehead atoms. The van der Waals surface area contributed by atoms with Crippen molar-refractivity contribution < 1.29 is 0 Å². The molecular formula is C11H16N6S. The molecule has 0 aliphatic rings. The van der Waals surface area contributed by atoms with Crippen LogP contribution in [0.3, 0.4) is 0 Å². The molecule has 0 aliphatic carbocycles. The van der Waals surface area contributed by atoms with Gasteiger partial charge in [-0.05, 0) is 26.1 Å². The third-order valence-electron chi connectivity index (χ3n) is 2.48. The van der Waals surface area contributed by atoms with Gasteiger partial charge in [0, 0.05) is 30.3 Å². The van der Waals surface area contributed by atoms with Gasteiger partial charge in [0.1, 0.15) is 10.7 Å². The summed E-state index contributed by atoms with van der Waals surface area (Å²) in [6.45, 7) is 3.44. The predicted octanol–water partition coefficient (Wildman–Crippen LogP) is 1.16. The van der Waals surface area contributed by atoms with Crippen molar-refractivity contribution in [2.24, 2.45) is 5.84 Å². The third-order valence-corrected chi connectivity index (χ3v) is 3.18. The van der Waals surface area contributed by atoms with E-state index < -0.39 is 0 Å². The summed E-state index contributed by atoms with van der Waals surface area (Å²) in [5.74, 6) is 5.39. The van der Waals surface area contributed by atoms with Crippen molar-refractivity contribution >= 4 is 16.5 Å². The molecule has 2 heterocycles. The van der Waals surface area contributed by atoms with Crippen LogP contribution < -0.4 is 11.3 Å². The fourth-order valence-corrected chi connectivity index (χ4v) is 2.18. The number of nitrogens with two attached hydrogens (primary N) is 1. The second-order valence-electron chi connectivity index (χ2n) is 4.14. The first-order chi connectivity index (χ1) is 8.69. The number of aromatic nitrogens is 3. The minimum absolute atomic E-state index is 0.686. The molecule has 0 saturated heterocycles. The van der Waals surface area contributed by atoms with Gasteiger partial charge in [-0.3, -0.25) is 9.88 Å². The van der Waals surface area contributed by atoms with E-state index in [1.54, 1.807) is 0 Å². The molecule has 3 N–H and O–H groups in total. The van der Waals surface area contributed by atoms with E-state index in [1.165, 1.54) is 11.5 Å². The summed E-state index contributed by atoms with van der Waals surface area (Å²) in [5, 5.41) is 4.85. The number of anilines is 1. The van der Waals surface area contributed by atoms with Crippen LogP contribution in [0.5, 0.6) is 0 Å². The molecule has 2 aromatic heterocycles. The number of hydrogen-bond acceptors (Lipinski definition) is 7. The lowest BCUT2D eigenvalue weighted by molar-refractivity contribution is 0.311. The van der Waals surface area contributed by atoms with Crippen LogP contribution >= 0.6 is 11.5 Å². The van der Waals surface area contributed by atoms with Crippen molar-refractivity contribution in [3.05, 3.63) is 35.3 Å². The summed E-state index contributed by atoms with van der Waals surface area (Å²) in [4.78, 5) is 6.59. The molecule has 7 heteroatoms. The Kier molecular flexibility index (Phi) is 4.19. The van der Waals surface area contributed by atoms with Gasteiger partial charge in [-0.2, -0.15) is 0 Å². The van der Waals surface area contributed by atoms with Gasteiger partial charge < -0.3 is 5.43 Å². The number of pyridine rings is 1. The van der Waals surface area contributed by atoms with Crippen molar-refractivity contribution in [3.63, 3.8) is 0 Å². The van der Waals surface area contributed by atoms with E-state index >= 15 is 0 Å². The summed E-state index contributed by atoms with van der Waals surface area (Å²) in [7, 11) is 2.02. The predicted molar refractivity (Wildman–Crippen MR) is 71.9 cm³/mol. The number of aryl methyl sites for hydroxylation is 1. The molecular weight excluding hydrogens is 248 g/mol. The monoisotopic (exact) mass is 264 g/mol. The van der Waals surface area contributed by atoms with E-state index in [1.807, 2.05) is 32.2 Å². The van der Waals surface area contributed by atoms with Crippen LogP contribution in [0.1, 0.15) is 17.1 Å². The summed E-state index contributed by atoms with van der Waals surface area (Å²) >= 11 is 1.26. The van der Waals surface area contributed by atoms with E-state index in [4.69, 9.17) is 5.84 Å². The highest BCUT2D eigenvalue weighted by molar-refractivity contribution is 7.10. The zero-order valence-corrected chi connectivity index (χ0v) is 11.2. The third kappa shape index (κ3) is 3.22. The second-order valence-corrected chi connectivity index (χ2v) is 4.89. The lowest BCUT2D eigenvalue weighted by atomic mass is 10.3. The average Bonchev–Trinajstić information content (AvgIpc) is 2.76.